The van der Waals surface area contributed by atoms with Crippen molar-refractivity contribution in [2.75, 3.05) is 46.4 Å². The summed E-state index contributed by atoms with van der Waals surface area (Å²) >= 11 is 0. The number of benzene rings is 1. The quantitative estimate of drug-likeness (QED) is 0.443. The zero-order valence-electron chi connectivity index (χ0n) is 28.7. The van der Waals surface area contributed by atoms with E-state index in [4.69, 9.17) is 4.74 Å². The molecular formula is C35H58N6O4S. The van der Waals surface area contributed by atoms with Crippen LogP contribution >= 0.6 is 0 Å². The maximum absolute atomic E-state index is 13.9. The Morgan fingerprint density at radius 1 is 1.00 bits per heavy atom. The summed E-state index contributed by atoms with van der Waals surface area (Å²) in [5.74, 6) is 1.21. The summed E-state index contributed by atoms with van der Waals surface area (Å²) in [6.45, 7) is 13.8. The molecule has 10 nitrogen and oxygen atoms in total. The molecule has 5 aliphatic rings. The standard InChI is InChI=1S/C35H58N6O4S/c1-23(2)16-29-22-45-32-20-31(33-24(3)8-6-9-25(33)4)36-35(37-32)38-46(43,44)30-11-7-10-26(17-30)21-41(29)28-18-27(19-28)34(42)40-14-12-39(5)13-15-40/h6,8-9,23,26-32,35-38H,7,10-22H2,1-5H3/t26?,27?,28?,29-,30?,31?,32?,35?/m1/s1. The van der Waals surface area contributed by atoms with Crippen LogP contribution in [-0.2, 0) is 19.6 Å². The van der Waals surface area contributed by atoms with Crippen LogP contribution in [0.15, 0.2) is 18.2 Å². The van der Waals surface area contributed by atoms with Crippen LogP contribution in [0.1, 0.15) is 87.9 Å². The zero-order chi connectivity index (χ0) is 32.6. The molecule has 1 aromatic carbocycles. The molecule has 6 rings (SSSR count). The largest absolute Gasteiger partial charge is 0.362 e. The SMILES string of the molecule is Cc1cccc(C)c1C1CC2NC(N1)NS(=O)(=O)C1CCCC(C1)CN(C1CC(C(=O)N3CCN(C)CC3)C1)[C@H](CC(C)C)CO2. The molecular weight excluding hydrogens is 600 g/mol. The van der Waals surface area contributed by atoms with Crippen molar-refractivity contribution >= 4 is 15.9 Å². The minimum atomic E-state index is -3.57. The monoisotopic (exact) mass is 658 g/mol. The third kappa shape index (κ3) is 7.82. The molecule has 3 N–H and O–H groups in total. The van der Waals surface area contributed by atoms with Gasteiger partial charge in [-0.1, -0.05) is 38.5 Å². The molecule has 2 aliphatic carbocycles. The van der Waals surface area contributed by atoms with E-state index < -0.39 is 21.6 Å². The van der Waals surface area contributed by atoms with Crippen LogP contribution in [0.5, 0.6) is 0 Å². The van der Waals surface area contributed by atoms with Gasteiger partial charge in [0.15, 0.2) is 0 Å². The Morgan fingerprint density at radius 2 is 1.72 bits per heavy atom. The number of nitrogens with zero attached hydrogens (tertiary/aromatic N) is 3. The Morgan fingerprint density at radius 3 is 2.41 bits per heavy atom. The number of aryl methyl sites for hydroxylation is 2. The third-order valence-electron chi connectivity index (χ3n) is 11.4. The molecule has 3 aliphatic heterocycles. The highest BCUT2D eigenvalue weighted by Gasteiger charge is 2.45. The smallest absolute Gasteiger partial charge is 0.225 e. The molecule has 0 radical (unpaired) electrons. The summed E-state index contributed by atoms with van der Waals surface area (Å²) in [6, 6.07) is 6.82. The van der Waals surface area contributed by atoms with Crippen molar-refractivity contribution in [2.24, 2.45) is 17.8 Å². The Kier molecular flexibility index (Phi) is 10.8. The van der Waals surface area contributed by atoms with E-state index in [2.05, 4.69) is 83.0 Å². The van der Waals surface area contributed by atoms with Gasteiger partial charge in [-0.3, -0.25) is 20.3 Å². The number of carbonyl (C=O) groups excluding carboxylic acids is 1. The first-order valence-electron chi connectivity index (χ1n) is 17.9. The number of rotatable bonds is 5. The number of ether oxygens (including phenoxy) is 1. The lowest BCUT2D eigenvalue weighted by molar-refractivity contribution is -0.143. The Hall–Kier alpha value is -1.60. The van der Waals surface area contributed by atoms with E-state index in [9.17, 15) is 13.2 Å². The maximum Gasteiger partial charge on any atom is 0.225 e. The van der Waals surface area contributed by atoms with E-state index in [-0.39, 0.29) is 24.2 Å². The normalized spacial score (nSPS) is 36.3. The Bertz CT molecular complexity index is 1290. The first-order chi connectivity index (χ1) is 22.0. The van der Waals surface area contributed by atoms with Crippen LogP contribution in [0.4, 0.5) is 0 Å². The molecule has 3 saturated heterocycles. The average molecular weight is 659 g/mol. The van der Waals surface area contributed by atoms with Crippen molar-refractivity contribution in [3.05, 3.63) is 34.9 Å². The highest BCUT2D eigenvalue weighted by atomic mass is 32.2. The number of fused-ring (bicyclic) bond motifs is 4. The van der Waals surface area contributed by atoms with Crippen LogP contribution in [-0.4, -0.2) is 105 Å². The average Bonchev–Trinajstić information content (AvgIpc) is 2.98. The second-order valence-electron chi connectivity index (χ2n) is 15.4. The number of amides is 1. The third-order valence-corrected chi connectivity index (χ3v) is 13.3. The van der Waals surface area contributed by atoms with E-state index in [1.807, 2.05) is 0 Å². The molecule has 5 fully saturated rings. The van der Waals surface area contributed by atoms with Crippen molar-refractivity contribution in [1.29, 1.82) is 0 Å². The second-order valence-corrected chi connectivity index (χ2v) is 17.4. The Labute approximate surface area is 277 Å². The van der Waals surface area contributed by atoms with Gasteiger partial charge in [0, 0.05) is 63.2 Å². The lowest BCUT2D eigenvalue weighted by Gasteiger charge is -2.49. The van der Waals surface area contributed by atoms with Crippen LogP contribution in [0.25, 0.3) is 0 Å². The zero-order valence-corrected chi connectivity index (χ0v) is 29.5. The molecule has 0 spiro atoms. The van der Waals surface area contributed by atoms with Crippen molar-refractivity contribution in [3.63, 3.8) is 0 Å². The highest BCUT2D eigenvalue weighted by Crippen LogP contribution is 2.39. The number of nitrogens with one attached hydrogen (secondary N) is 3. The van der Waals surface area contributed by atoms with E-state index in [1.165, 1.54) is 16.7 Å². The van der Waals surface area contributed by atoms with Gasteiger partial charge in [0.25, 0.3) is 0 Å². The van der Waals surface area contributed by atoms with E-state index in [1.54, 1.807) is 0 Å². The van der Waals surface area contributed by atoms with Crippen molar-refractivity contribution in [2.45, 2.75) is 115 Å². The fourth-order valence-electron chi connectivity index (χ4n) is 8.81. The number of hydrogen-bond donors (Lipinski definition) is 3. The van der Waals surface area contributed by atoms with Crippen molar-refractivity contribution in [3.8, 4) is 0 Å². The number of likely N-dealkylation sites (N-methyl/N-ethyl adjacent to an activating group) is 1. The molecule has 1 amide bonds. The molecule has 46 heavy (non-hydrogen) atoms. The number of piperazine rings is 1. The number of carbonyl (C=O) groups is 1. The van der Waals surface area contributed by atoms with Crippen molar-refractivity contribution in [1.82, 2.24) is 30.1 Å². The number of hydrogen-bond acceptors (Lipinski definition) is 8. The lowest BCUT2D eigenvalue weighted by atomic mass is 9.76. The van der Waals surface area contributed by atoms with Gasteiger partial charge >= 0.3 is 0 Å². The van der Waals surface area contributed by atoms with Gasteiger partial charge in [-0.15, -0.1) is 0 Å². The molecule has 258 valence electrons. The van der Waals surface area contributed by atoms with Gasteiger partial charge < -0.3 is 14.5 Å². The first-order valence-corrected chi connectivity index (χ1v) is 19.5. The fourth-order valence-corrected chi connectivity index (χ4v) is 10.5. The fraction of sp³-hybridized carbons (Fsp3) is 0.800. The van der Waals surface area contributed by atoms with Gasteiger partial charge in [-0.25, -0.2) is 8.42 Å². The minimum absolute atomic E-state index is 0.0444. The van der Waals surface area contributed by atoms with E-state index >= 15 is 0 Å². The molecule has 11 heteroatoms. The summed E-state index contributed by atoms with van der Waals surface area (Å²) in [6.07, 6.45) is 5.91. The first kappa shape index (κ1) is 34.3. The molecule has 3 heterocycles. The minimum Gasteiger partial charge on any atom is -0.362 e. The van der Waals surface area contributed by atoms with Gasteiger partial charge in [-0.05, 0) is 87.9 Å². The highest BCUT2D eigenvalue weighted by molar-refractivity contribution is 7.90. The van der Waals surface area contributed by atoms with Gasteiger partial charge in [0.2, 0.25) is 15.9 Å². The molecule has 5 unspecified atom stereocenters. The summed E-state index contributed by atoms with van der Waals surface area (Å²) in [5.41, 5.74) is 3.61. The maximum atomic E-state index is 13.9. The summed E-state index contributed by atoms with van der Waals surface area (Å²) < 4.78 is 37.6. The lowest BCUT2D eigenvalue weighted by Crippen LogP contribution is -2.64. The predicted molar refractivity (Wildman–Crippen MR) is 181 cm³/mol. The molecule has 4 bridgehead atoms. The summed E-state index contributed by atoms with van der Waals surface area (Å²) in [4.78, 5) is 20.5. The molecule has 1 aromatic rings. The summed E-state index contributed by atoms with van der Waals surface area (Å²) in [7, 11) is -1.45. The van der Waals surface area contributed by atoms with Crippen LogP contribution < -0.4 is 15.4 Å². The summed E-state index contributed by atoms with van der Waals surface area (Å²) in [5, 5.41) is 6.65. The second kappa shape index (κ2) is 14.5. The number of sulfonamides is 1. The van der Waals surface area contributed by atoms with Crippen LogP contribution in [0, 0.1) is 31.6 Å². The molecule has 0 aromatic heterocycles. The van der Waals surface area contributed by atoms with E-state index in [0.29, 0.717) is 49.7 Å². The topological polar surface area (TPSA) is 106 Å². The van der Waals surface area contributed by atoms with Gasteiger partial charge in [-0.2, -0.15) is 4.72 Å². The Balaban J connectivity index is 1.25. The van der Waals surface area contributed by atoms with Gasteiger partial charge in [0.05, 0.1) is 11.9 Å². The van der Waals surface area contributed by atoms with Crippen LogP contribution in [0.3, 0.4) is 0 Å². The van der Waals surface area contributed by atoms with Gasteiger partial charge in [0.1, 0.15) is 12.5 Å². The molecule has 6 atom stereocenters. The van der Waals surface area contributed by atoms with E-state index in [0.717, 1.165) is 64.8 Å². The predicted octanol–water partition coefficient (Wildman–Crippen LogP) is 3.31. The van der Waals surface area contributed by atoms with Crippen LogP contribution in [0.2, 0.25) is 0 Å². The van der Waals surface area contributed by atoms with Crippen molar-refractivity contribution < 1.29 is 17.9 Å². The molecule has 2 saturated carbocycles.